The van der Waals surface area contributed by atoms with E-state index in [9.17, 15) is 9.59 Å². The van der Waals surface area contributed by atoms with Crippen LogP contribution in [-0.4, -0.2) is 58.0 Å². The maximum Gasteiger partial charge on any atom is 0.274 e. The number of nitrogens with zero attached hydrogens (tertiary/aromatic N) is 3. The predicted molar refractivity (Wildman–Crippen MR) is 97.4 cm³/mol. The Morgan fingerprint density at radius 3 is 2.60 bits per heavy atom. The largest absolute Gasteiger partial charge is 0.343 e. The smallest absolute Gasteiger partial charge is 0.274 e. The number of carbonyl (C=O) groups excluding carboxylic acids is 2. The Kier molecular flexibility index (Phi) is 4.79. The average molecular weight is 342 g/mol. The van der Waals surface area contributed by atoms with E-state index in [4.69, 9.17) is 0 Å². The second kappa shape index (κ2) is 6.86. The minimum Gasteiger partial charge on any atom is -0.343 e. The molecular formula is C19H26N4O2. The molecule has 134 valence electrons. The number of aryl methyl sites for hydroxylation is 1. The first-order chi connectivity index (χ1) is 11.9. The maximum atomic E-state index is 12.9. The molecule has 1 aromatic carbocycles. The number of fused-ring (bicyclic) bond motifs is 1. The van der Waals surface area contributed by atoms with Gasteiger partial charge in [0.05, 0.1) is 5.52 Å². The Labute approximate surface area is 148 Å². The summed E-state index contributed by atoms with van der Waals surface area (Å²) in [6.45, 7) is 7.23. The van der Waals surface area contributed by atoms with Gasteiger partial charge in [0.1, 0.15) is 0 Å². The van der Waals surface area contributed by atoms with Crippen molar-refractivity contribution < 1.29 is 9.59 Å². The topological polar surface area (TPSA) is 69.3 Å². The van der Waals surface area contributed by atoms with E-state index in [2.05, 4.69) is 10.2 Å². The van der Waals surface area contributed by atoms with Crippen molar-refractivity contribution in [2.24, 2.45) is 5.92 Å². The van der Waals surface area contributed by atoms with Gasteiger partial charge in [-0.05, 0) is 45.7 Å². The van der Waals surface area contributed by atoms with Crippen molar-refractivity contribution in [1.29, 1.82) is 0 Å². The van der Waals surface area contributed by atoms with Crippen LogP contribution in [0.1, 0.15) is 42.7 Å². The first-order valence-corrected chi connectivity index (χ1v) is 8.89. The van der Waals surface area contributed by atoms with Crippen LogP contribution in [0.3, 0.4) is 0 Å². The van der Waals surface area contributed by atoms with E-state index in [0.717, 1.165) is 16.5 Å². The molecule has 0 radical (unpaired) electrons. The number of amides is 2. The molecule has 1 N–H and O–H groups in total. The molecule has 1 aliphatic heterocycles. The van der Waals surface area contributed by atoms with Gasteiger partial charge in [-0.1, -0.05) is 11.6 Å². The summed E-state index contributed by atoms with van der Waals surface area (Å²) in [7, 11) is 1.85. The highest BCUT2D eigenvalue weighted by atomic mass is 16.2. The lowest BCUT2D eigenvalue weighted by Gasteiger charge is -2.34. The standard InChI is InChI=1S/C19H26N4O2/c1-12(2)22(4)18(24)14-7-9-23(10-8-14)19(25)17-15-11-13(3)5-6-16(15)20-21-17/h5-6,11-12,14H,7-10H2,1-4H3,(H,20,21). The molecule has 0 spiro atoms. The highest BCUT2D eigenvalue weighted by Gasteiger charge is 2.31. The van der Waals surface area contributed by atoms with Gasteiger partial charge in [0, 0.05) is 37.5 Å². The Morgan fingerprint density at radius 1 is 1.28 bits per heavy atom. The van der Waals surface area contributed by atoms with Crippen LogP contribution in [0.5, 0.6) is 0 Å². The van der Waals surface area contributed by atoms with Crippen LogP contribution in [0.2, 0.25) is 0 Å². The summed E-state index contributed by atoms with van der Waals surface area (Å²) in [5.74, 6) is 0.137. The molecule has 25 heavy (non-hydrogen) atoms. The molecule has 2 heterocycles. The van der Waals surface area contributed by atoms with Gasteiger partial charge in [-0.25, -0.2) is 0 Å². The Hall–Kier alpha value is -2.37. The first-order valence-electron chi connectivity index (χ1n) is 8.89. The lowest BCUT2D eigenvalue weighted by atomic mass is 9.94. The molecule has 0 bridgehead atoms. The minimum atomic E-state index is -0.0556. The van der Waals surface area contributed by atoms with E-state index >= 15 is 0 Å². The summed E-state index contributed by atoms with van der Waals surface area (Å²) in [6, 6.07) is 6.13. The van der Waals surface area contributed by atoms with Crippen LogP contribution in [0.25, 0.3) is 10.9 Å². The van der Waals surface area contributed by atoms with Crippen LogP contribution in [0, 0.1) is 12.8 Å². The number of carbonyl (C=O) groups is 2. The Bertz CT molecular complexity index is 788. The van der Waals surface area contributed by atoms with Crippen molar-refractivity contribution in [3.63, 3.8) is 0 Å². The fourth-order valence-electron chi connectivity index (χ4n) is 3.31. The van der Waals surface area contributed by atoms with Gasteiger partial charge in [-0.3, -0.25) is 14.7 Å². The number of hydrogen-bond donors (Lipinski definition) is 1. The quantitative estimate of drug-likeness (QED) is 0.932. The number of nitrogens with one attached hydrogen (secondary N) is 1. The van der Waals surface area contributed by atoms with Gasteiger partial charge in [-0.2, -0.15) is 5.10 Å². The fraction of sp³-hybridized carbons (Fsp3) is 0.526. The maximum absolute atomic E-state index is 12.9. The van der Waals surface area contributed by atoms with Crippen LogP contribution in [-0.2, 0) is 4.79 Å². The molecule has 3 rings (SSSR count). The zero-order valence-corrected chi connectivity index (χ0v) is 15.4. The number of benzene rings is 1. The van der Waals surface area contributed by atoms with E-state index in [1.807, 2.05) is 50.9 Å². The van der Waals surface area contributed by atoms with E-state index in [1.165, 1.54) is 0 Å². The lowest BCUT2D eigenvalue weighted by Crippen LogP contribution is -2.45. The Balaban J connectivity index is 1.69. The SMILES string of the molecule is Cc1ccc2[nH]nc(C(=O)N3CCC(C(=O)N(C)C(C)C)CC3)c2c1. The third-order valence-corrected chi connectivity index (χ3v) is 5.17. The number of likely N-dealkylation sites (tertiary alicyclic amines) is 1. The molecule has 1 fully saturated rings. The molecule has 0 aliphatic carbocycles. The number of piperidine rings is 1. The van der Waals surface area contributed by atoms with Gasteiger partial charge in [0.25, 0.3) is 5.91 Å². The van der Waals surface area contributed by atoms with Gasteiger partial charge >= 0.3 is 0 Å². The van der Waals surface area contributed by atoms with Gasteiger partial charge in [-0.15, -0.1) is 0 Å². The van der Waals surface area contributed by atoms with Crippen molar-refractivity contribution in [1.82, 2.24) is 20.0 Å². The van der Waals surface area contributed by atoms with Crippen molar-refractivity contribution in [3.05, 3.63) is 29.5 Å². The van der Waals surface area contributed by atoms with E-state index in [0.29, 0.717) is 31.6 Å². The predicted octanol–water partition coefficient (Wildman–Crippen LogP) is 2.59. The van der Waals surface area contributed by atoms with Gasteiger partial charge in [0.15, 0.2) is 5.69 Å². The van der Waals surface area contributed by atoms with Crippen LogP contribution in [0.15, 0.2) is 18.2 Å². The lowest BCUT2D eigenvalue weighted by molar-refractivity contribution is -0.137. The summed E-state index contributed by atoms with van der Waals surface area (Å²) in [5, 5.41) is 8.02. The summed E-state index contributed by atoms with van der Waals surface area (Å²) >= 11 is 0. The van der Waals surface area contributed by atoms with Gasteiger partial charge in [0.2, 0.25) is 5.91 Å². The molecule has 1 aliphatic rings. The van der Waals surface area contributed by atoms with Gasteiger partial charge < -0.3 is 9.80 Å². The monoisotopic (exact) mass is 342 g/mol. The zero-order chi connectivity index (χ0) is 18.1. The number of aromatic amines is 1. The minimum absolute atomic E-state index is 0.00891. The van der Waals surface area contributed by atoms with Crippen molar-refractivity contribution in [2.75, 3.05) is 20.1 Å². The molecular weight excluding hydrogens is 316 g/mol. The molecule has 6 heteroatoms. The third kappa shape index (κ3) is 3.38. The van der Waals surface area contributed by atoms with E-state index < -0.39 is 0 Å². The number of aromatic nitrogens is 2. The van der Waals surface area contributed by atoms with Crippen LogP contribution >= 0.6 is 0 Å². The highest BCUT2D eigenvalue weighted by molar-refractivity contribution is 6.04. The molecule has 0 atom stereocenters. The number of H-pyrrole nitrogens is 1. The van der Waals surface area contributed by atoms with E-state index in [1.54, 1.807) is 4.90 Å². The second-order valence-electron chi connectivity index (χ2n) is 7.23. The summed E-state index contributed by atoms with van der Waals surface area (Å²) < 4.78 is 0. The van der Waals surface area contributed by atoms with Crippen LogP contribution in [0.4, 0.5) is 0 Å². The molecule has 0 unspecified atom stereocenters. The van der Waals surface area contributed by atoms with Crippen molar-refractivity contribution in [3.8, 4) is 0 Å². The molecule has 6 nitrogen and oxygen atoms in total. The third-order valence-electron chi connectivity index (χ3n) is 5.17. The number of hydrogen-bond acceptors (Lipinski definition) is 3. The first kappa shape index (κ1) is 17.5. The van der Waals surface area contributed by atoms with Crippen molar-refractivity contribution >= 4 is 22.7 Å². The molecule has 1 saturated heterocycles. The molecule has 2 amide bonds. The molecule has 2 aromatic rings. The van der Waals surface area contributed by atoms with Crippen molar-refractivity contribution in [2.45, 2.75) is 39.7 Å². The second-order valence-corrected chi connectivity index (χ2v) is 7.23. The Morgan fingerprint density at radius 2 is 1.96 bits per heavy atom. The zero-order valence-electron chi connectivity index (χ0n) is 15.4. The van der Waals surface area contributed by atoms with E-state index in [-0.39, 0.29) is 23.8 Å². The number of rotatable bonds is 3. The average Bonchev–Trinajstić information content (AvgIpc) is 3.02. The normalized spacial score (nSPS) is 15.8. The summed E-state index contributed by atoms with van der Waals surface area (Å²) in [6.07, 6.45) is 1.42. The molecule has 1 aromatic heterocycles. The summed E-state index contributed by atoms with van der Waals surface area (Å²) in [5.41, 5.74) is 2.45. The highest BCUT2D eigenvalue weighted by Crippen LogP contribution is 2.24. The fourth-order valence-corrected chi connectivity index (χ4v) is 3.31. The molecule has 0 saturated carbocycles. The summed E-state index contributed by atoms with van der Waals surface area (Å²) in [4.78, 5) is 28.9. The van der Waals surface area contributed by atoms with Crippen LogP contribution < -0.4 is 0 Å².